The van der Waals surface area contributed by atoms with Crippen molar-refractivity contribution in [3.63, 3.8) is 0 Å². The molecular formula is C15H15N3O2S2. The maximum Gasteiger partial charge on any atom is 0.271 e. The lowest BCUT2D eigenvalue weighted by atomic mass is 10.1. The van der Waals surface area contributed by atoms with E-state index in [1.165, 1.54) is 11.3 Å². The summed E-state index contributed by atoms with van der Waals surface area (Å²) in [6.45, 7) is 3.81. The van der Waals surface area contributed by atoms with Gasteiger partial charge in [0, 0.05) is 6.20 Å². The van der Waals surface area contributed by atoms with E-state index in [0.717, 1.165) is 21.7 Å². The summed E-state index contributed by atoms with van der Waals surface area (Å²) in [5.41, 5.74) is 3.31. The molecule has 0 bridgehead atoms. The summed E-state index contributed by atoms with van der Waals surface area (Å²) >= 11 is 1.21. The van der Waals surface area contributed by atoms with E-state index in [0.29, 0.717) is 5.69 Å². The molecular weight excluding hydrogens is 318 g/mol. The number of hydrogen-bond donors (Lipinski definition) is 2. The van der Waals surface area contributed by atoms with Crippen LogP contribution in [0.25, 0.3) is 10.6 Å². The average Bonchev–Trinajstić information content (AvgIpc) is 3.12. The predicted octanol–water partition coefficient (Wildman–Crippen LogP) is 3.56. The number of H-pyrrole nitrogens is 1. The zero-order valence-corrected chi connectivity index (χ0v) is 13.8. The van der Waals surface area contributed by atoms with E-state index in [2.05, 4.69) is 14.9 Å². The van der Waals surface area contributed by atoms with Gasteiger partial charge in [-0.15, -0.1) is 11.3 Å². The number of aromatic nitrogens is 2. The van der Waals surface area contributed by atoms with Gasteiger partial charge in [0.2, 0.25) is 0 Å². The van der Waals surface area contributed by atoms with Gasteiger partial charge < -0.3 is 0 Å². The monoisotopic (exact) mass is 333 g/mol. The molecule has 22 heavy (non-hydrogen) atoms. The van der Waals surface area contributed by atoms with Crippen LogP contribution in [0.3, 0.4) is 0 Å². The van der Waals surface area contributed by atoms with Gasteiger partial charge in [-0.25, -0.2) is 8.42 Å². The Morgan fingerprint density at radius 1 is 1.14 bits per heavy atom. The Balaban J connectivity index is 1.92. The third-order valence-electron chi connectivity index (χ3n) is 3.25. The van der Waals surface area contributed by atoms with Crippen LogP contribution in [-0.2, 0) is 10.0 Å². The van der Waals surface area contributed by atoms with E-state index >= 15 is 0 Å². The Morgan fingerprint density at radius 2 is 1.95 bits per heavy atom. The van der Waals surface area contributed by atoms with Gasteiger partial charge in [0.05, 0.1) is 16.3 Å². The Kier molecular flexibility index (Phi) is 3.76. The van der Waals surface area contributed by atoms with Gasteiger partial charge in [-0.2, -0.15) is 5.10 Å². The van der Waals surface area contributed by atoms with Crippen molar-refractivity contribution in [1.82, 2.24) is 10.2 Å². The van der Waals surface area contributed by atoms with Gasteiger partial charge in [0.25, 0.3) is 10.0 Å². The van der Waals surface area contributed by atoms with Crippen molar-refractivity contribution in [3.8, 4) is 10.6 Å². The van der Waals surface area contributed by atoms with E-state index in [-0.39, 0.29) is 4.21 Å². The number of aryl methyl sites for hydroxylation is 2. The molecule has 2 N–H and O–H groups in total. The van der Waals surface area contributed by atoms with Crippen LogP contribution in [0.5, 0.6) is 0 Å². The summed E-state index contributed by atoms with van der Waals surface area (Å²) in [5.74, 6) is 0. The van der Waals surface area contributed by atoms with Crippen LogP contribution >= 0.6 is 11.3 Å². The number of thiophene rings is 1. The van der Waals surface area contributed by atoms with E-state index < -0.39 is 10.0 Å². The molecule has 0 radical (unpaired) electrons. The third-order valence-corrected chi connectivity index (χ3v) is 6.23. The van der Waals surface area contributed by atoms with Crippen LogP contribution in [0.15, 0.2) is 46.8 Å². The van der Waals surface area contributed by atoms with Gasteiger partial charge in [0.15, 0.2) is 0 Å². The largest absolute Gasteiger partial charge is 0.279 e. The molecule has 3 aromatic rings. The number of sulfonamides is 1. The van der Waals surface area contributed by atoms with Crippen molar-refractivity contribution >= 4 is 27.0 Å². The average molecular weight is 333 g/mol. The molecule has 0 spiro atoms. The van der Waals surface area contributed by atoms with Crippen LogP contribution in [0.2, 0.25) is 0 Å². The van der Waals surface area contributed by atoms with E-state index in [4.69, 9.17) is 0 Å². The highest BCUT2D eigenvalue weighted by atomic mass is 32.2. The summed E-state index contributed by atoms with van der Waals surface area (Å²) in [7, 11) is -3.59. The molecule has 0 fully saturated rings. The smallest absolute Gasteiger partial charge is 0.271 e. The fraction of sp³-hybridized carbons (Fsp3) is 0.133. The SMILES string of the molecule is Cc1ccc(C)c(NS(=O)(=O)c2ccc(-c3ccn[nH]3)s2)c1. The third kappa shape index (κ3) is 2.90. The lowest BCUT2D eigenvalue weighted by Gasteiger charge is -2.10. The first-order chi connectivity index (χ1) is 10.5. The van der Waals surface area contributed by atoms with Crippen LogP contribution in [-0.4, -0.2) is 18.6 Å². The number of nitrogens with zero attached hydrogens (tertiary/aromatic N) is 1. The highest BCUT2D eigenvalue weighted by Gasteiger charge is 2.18. The summed E-state index contributed by atoms with van der Waals surface area (Å²) in [6.07, 6.45) is 1.64. The molecule has 0 atom stereocenters. The summed E-state index contributed by atoms with van der Waals surface area (Å²) in [5, 5.41) is 6.71. The lowest BCUT2D eigenvalue weighted by molar-refractivity contribution is 0.603. The van der Waals surface area contributed by atoms with Crippen molar-refractivity contribution in [2.75, 3.05) is 4.72 Å². The molecule has 5 nitrogen and oxygen atoms in total. The summed E-state index contributed by atoms with van der Waals surface area (Å²) in [6, 6.07) is 10.9. The second-order valence-electron chi connectivity index (χ2n) is 5.01. The predicted molar refractivity (Wildman–Crippen MR) is 88.6 cm³/mol. The second kappa shape index (κ2) is 5.58. The van der Waals surface area contributed by atoms with Gasteiger partial charge in [-0.3, -0.25) is 9.82 Å². The Bertz CT molecular complexity index is 897. The van der Waals surface area contributed by atoms with Crippen molar-refractivity contribution in [1.29, 1.82) is 0 Å². The molecule has 0 saturated heterocycles. The number of aromatic amines is 1. The molecule has 2 heterocycles. The molecule has 0 amide bonds. The van der Waals surface area contributed by atoms with E-state index in [1.54, 1.807) is 24.4 Å². The molecule has 1 aromatic carbocycles. The molecule has 0 aliphatic rings. The Morgan fingerprint density at radius 3 is 2.68 bits per heavy atom. The minimum atomic E-state index is -3.59. The number of anilines is 1. The standard InChI is InChI=1S/C15H15N3O2S2/c1-10-3-4-11(2)13(9-10)18-22(19,20)15-6-5-14(21-15)12-7-8-16-17-12/h3-9,18H,1-2H3,(H,16,17). The van der Waals surface area contributed by atoms with Crippen LogP contribution in [0.1, 0.15) is 11.1 Å². The first-order valence-corrected chi connectivity index (χ1v) is 8.95. The van der Waals surface area contributed by atoms with Crippen molar-refractivity contribution < 1.29 is 8.42 Å². The minimum Gasteiger partial charge on any atom is -0.279 e. The van der Waals surface area contributed by atoms with Crippen LogP contribution in [0, 0.1) is 13.8 Å². The molecule has 0 saturated carbocycles. The van der Waals surface area contributed by atoms with Crippen molar-refractivity contribution in [3.05, 3.63) is 53.7 Å². The highest BCUT2D eigenvalue weighted by Crippen LogP contribution is 2.31. The first-order valence-electron chi connectivity index (χ1n) is 6.65. The number of nitrogens with one attached hydrogen (secondary N) is 2. The molecule has 0 aliphatic heterocycles. The first kappa shape index (κ1) is 14.8. The molecule has 0 aliphatic carbocycles. The minimum absolute atomic E-state index is 0.276. The van der Waals surface area contributed by atoms with Gasteiger partial charge in [-0.1, -0.05) is 12.1 Å². The lowest BCUT2D eigenvalue weighted by Crippen LogP contribution is -2.12. The van der Waals surface area contributed by atoms with Gasteiger partial charge in [-0.05, 0) is 49.2 Å². The molecule has 3 rings (SSSR count). The molecule has 2 aromatic heterocycles. The fourth-order valence-corrected chi connectivity index (χ4v) is 4.45. The van der Waals surface area contributed by atoms with E-state index in [9.17, 15) is 8.42 Å². The normalized spacial score (nSPS) is 11.5. The van der Waals surface area contributed by atoms with Crippen molar-refractivity contribution in [2.45, 2.75) is 18.1 Å². The zero-order chi connectivity index (χ0) is 15.7. The Hall–Kier alpha value is -2.12. The summed E-state index contributed by atoms with van der Waals surface area (Å²) in [4.78, 5) is 0.832. The maximum absolute atomic E-state index is 12.5. The quantitative estimate of drug-likeness (QED) is 0.766. The number of rotatable bonds is 4. The van der Waals surface area contributed by atoms with Crippen molar-refractivity contribution in [2.24, 2.45) is 0 Å². The summed E-state index contributed by atoms with van der Waals surface area (Å²) < 4.78 is 28.0. The number of hydrogen-bond acceptors (Lipinski definition) is 4. The van der Waals surface area contributed by atoms with Gasteiger partial charge >= 0.3 is 0 Å². The highest BCUT2D eigenvalue weighted by molar-refractivity contribution is 7.94. The molecule has 7 heteroatoms. The van der Waals surface area contributed by atoms with E-state index in [1.807, 2.05) is 32.0 Å². The van der Waals surface area contributed by atoms with Gasteiger partial charge in [0.1, 0.15) is 4.21 Å². The molecule has 0 unspecified atom stereocenters. The fourth-order valence-electron chi connectivity index (χ4n) is 2.04. The van der Waals surface area contributed by atoms with Crippen LogP contribution < -0.4 is 4.72 Å². The maximum atomic E-state index is 12.5. The number of benzene rings is 1. The van der Waals surface area contributed by atoms with Crippen LogP contribution in [0.4, 0.5) is 5.69 Å². The zero-order valence-electron chi connectivity index (χ0n) is 12.1. The second-order valence-corrected chi connectivity index (χ2v) is 8.01. The Labute approximate surface area is 133 Å². The molecule has 114 valence electrons. The topological polar surface area (TPSA) is 74.8 Å².